The quantitative estimate of drug-likeness (QED) is 0.387. The normalized spacial score (nSPS) is 10.6. The molecule has 8 heteroatoms. The monoisotopic (exact) mass is 415 g/mol. The highest BCUT2D eigenvalue weighted by atomic mass is 16.5. The molecule has 1 heterocycles. The molecule has 0 atom stereocenters. The fraction of sp³-hybridized carbons (Fsp3) is 0.0870. The Morgan fingerprint density at radius 3 is 2.55 bits per heavy atom. The van der Waals surface area contributed by atoms with Crippen molar-refractivity contribution in [2.24, 2.45) is 0 Å². The average molecular weight is 415 g/mol. The molecule has 8 nitrogen and oxygen atoms in total. The molecule has 0 bridgehead atoms. The molecule has 0 aliphatic carbocycles. The van der Waals surface area contributed by atoms with Gasteiger partial charge in [0.25, 0.3) is 5.91 Å². The van der Waals surface area contributed by atoms with Crippen LogP contribution >= 0.6 is 0 Å². The van der Waals surface area contributed by atoms with Crippen LogP contribution in [0.4, 0.5) is 22.0 Å². The number of anilines is 3. The first kappa shape index (κ1) is 20.0. The van der Waals surface area contributed by atoms with E-state index in [0.29, 0.717) is 34.5 Å². The molecule has 0 saturated heterocycles. The van der Waals surface area contributed by atoms with Crippen LogP contribution in [-0.2, 0) is 6.54 Å². The zero-order valence-corrected chi connectivity index (χ0v) is 16.8. The van der Waals surface area contributed by atoms with Crippen LogP contribution < -0.4 is 21.7 Å². The molecule has 0 aliphatic rings. The lowest BCUT2D eigenvalue weighted by atomic mass is 10.1. The third-order valence-electron chi connectivity index (χ3n) is 4.72. The molecule has 0 fully saturated rings. The number of nitrogens with two attached hydrogens (primary N) is 1. The summed E-state index contributed by atoms with van der Waals surface area (Å²) in [6.07, 6.45) is 0. The molecule has 5 N–H and O–H groups in total. The Hall–Kier alpha value is -4.33. The summed E-state index contributed by atoms with van der Waals surface area (Å²) in [5.74, 6) is -0.166. The summed E-state index contributed by atoms with van der Waals surface area (Å²) in [7, 11) is 0. The number of urea groups is 1. The summed E-state index contributed by atoms with van der Waals surface area (Å²) in [5, 5.41) is 12.6. The minimum Gasteiger partial charge on any atom is -0.380 e. The summed E-state index contributed by atoms with van der Waals surface area (Å²) in [5.41, 5.74) is 9.91. The number of nitrogens with one attached hydrogen (secondary N) is 3. The fourth-order valence-corrected chi connectivity index (χ4v) is 3.16. The smallest absolute Gasteiger partial charge is 0.319 e. The number of hydrogen-bond acceptors (Lipinski definition) is 5. The molecular formula is C23H21N5O3. The Morgan fingerprint density at radius 2 is 1.74 bits per heavy atom. The van der Waals surface area contributed by atoms with Crippen molar-refractivity contribution >= 4 is 40.1 Å². The highest BCUT2D eigenvalue weighted by Gasteiger charge is 2.16. The number of carbonyl (C=O) groups is 2. The highest BCUT2D eigenvalue weighted by molar-refractivity contribution is 6.14. The van der Waals surface area contributed by atoms with Gasteiger partial charge in [-0.3, -0.25) is 4.79 Å². The van der Waals surface area contributed by atoms with Crippen LogP contribution in [0.1, 0.15) is 21.5 Å². The summed E-state index contributed by atoms with van der Waals surface area (Å²) in [4.78, 5) is 24.9. The molecule has 3 amide bonds. The van der Waals surface area contributed by atoms with Gasteiger partial charge in [-0.1, -0.05) is 41.1 Å². The predicted molar refractivity (Wildman–Crippen MR) is 120 cm³/mol. The lowest BCUT2D eigenvalue weighted by Crippen LogP contribution is -2.28. The number of rotatable bonds is 5. The van der Waals surface area contributed by atoms with E-state index in [1.807, 2.05) is 37.3 Å². The van der Waals surface area contributed by atoms with Gasteiger partial charge in [0.05, 0.1) is 10.9 Å². The van der Waals surface area contributed by atoms with Crippen LogP contribution in [0.2, 0.25) is 0 Å². The number of hydrogen-bond donors (Lipinski definition) is 4. The Morgan fingerprint density at radius 1 is 0.968 bits per heavy atom. The maximum atomic E-state index is 12.8. The Balaban J connectivity index is 1.40. The van der Waals surface area contributed by atoms with Crippen LogP contribution in [0.25, 0.3) is 11.0 Å². The van der Waals surface area contributed by atoms with Crippen molar-refractivity contribution in [1.29, 1.82) is 0 Å². The van der Waals surface area contributed by atoms with Gasteiger partial charge in [0.15, 0.2) is 11.4 Å². The number of fused-ring (bicyclic) bond motifs is 1. The molecule has 0 unspecified atom stereocenters. The Bertz CT molecular complexity index is 1250. The number of amides is 3. The number of benzene rings is 3. The molecule has 0 aliphatic heterocycles. The van der Waals surface area contributed by atoms with Gasteiger partial charge in [0, 0.05) is 17.9 Å². The molecule has 0 saturated carbocycles. The van der Waals surface area contributed by atoms with Crippen LogP contribution in [0, 0.1) is 6.92 Å². The van der Waals surface area contributed by atoms with E-state index in [1.165, 1.54) is 0 Å². The molecule has 1 aromatic heterocycles. The van der Waals surface area contributed by atoms with Crippen LogP contribution in [0.5, 0.6) is 0 Å². The van der Waals surface area contributed by atoms with Crippen molar-refractivity contribution in [1.82, 2.24) is 10.5 Å². The SMILES string of the molecule is Cc1ccc(NC(=O)NCc2cccc(NC(=O)c3cccc4onc(N)c34)c2)cc1. The zero-order chi connectivity index (χ0) is 21.8. The van der Waals surface area contributed by atoms with E-state index in [1.54, 1.807) is 36.4 Å². The maximum absolute atomic E-state index is 12.8. The number of carbonyl (C=O) groups excluding carboxylic acids is 2. The van der Waals surface area contributed by atoms with E-state index in [4.69, 9.17) is 10.3 Å². The largest absolute Gasteiger partial charge is 0.380 e. The van der Waals surface area contributed by atoms with Gasteiger partial charge in [-0.05, 0) is 48.9 Å². The molecule has 0 spiro atoms. The van der Waals surface area contributed by atoms with Gasteiger partial charge in [0.2, 0.25) is 0 Å². The topological polar surface area (TPSA) is 122 Å². The van der Waals surface area contributed by atoms with Crippen LogP contribution in [0.15, 0.2) is 71.3 Å². The van der Waals surface area contributed by atoms with Gasteiger partial charge < -0.3 is 26.2 Å². The zero-order valence-electron chi connectivity index (χ0n) is 16.8. The second kappa shape index (κ2) is 8.58. The minimum absolute atomic E-state index is 0.165. The van der Waals surface area contributed by atoms with E-state index in [9.17, 15) is 9.59 Å². The van der Waals surface area contributed by atoms with E-state index in [2.05, 4.69) is 21.1 Å². The minimum atomic E-state index is -0.331. The van der Waals surface area contributed by atoms with Gasteiger partial charge in [-0.15, -0.1) is 0 Å². The molecule has 4 aromatic rings. The molecule has 156 valence electrons. The number of nitrogen functional groups attached to an aromatic ring is 1. The van der Waals surface area contributed by atoms with Gasteiger partial charge >= 0.3 is 6.03 Å². The third kappa shape index (κ3) is 4.64. The van der Waals surface area contributed by atoms with E-state index < -0.39 is 0 Å². The second-order valence-electron chi connectivity index (χ2n) is 7.07. The van der Waals surface area contributed by atoms with E-state index in [-0.39, 0.29) is 17.8 Å². The molecule has 31 heavy (non-hydrogen) atoms. The molecule has 4 rings (SSSR count). The number of aromatic nitrogens is 1. The van der Waals surface area contributed by atoms with Crippen molar-refractivity contribution in [3.63, 3.8) is 0 Å². The first-order valence-electron chi connectivity index (χ1n) is 9.65. The Kier molecular flexibility index (Phi) is 5.53. The van der Waals surface area contributed by atoms with Crippen molar-refractivity contribution < 1.29 is 14.1 Å². The van der Waals surface area contributed by atoms with Crippen molar-refractivity contribution in [2.75, 3.05) is 16.4 Å². The fourth-order valence-electron chi connectivity index (χ4n) is 3.16. The van der Waals surface area contributed by atoms with Crippen molar-refractivity contribution in [3.8, 4) is 0 Å². The summed E-state index contributed by atoms with van der Waals surface area (Å²) in [6.45, 7) is 2.28. The van der Waals surface area contributed by atoms with Gasteiger partial charge in [0.1, 0.15) is 0 Å². The highest BCUT2D eigenvalue weighted by Crippen LogP contribution is 2.25. The lowest BCUT2D eigenvalue weighted by molar-refractivity contribution is 0.102. The maximum Gasteiger partial charge on any atom is 0.319 e. The summed E-state index contributed by atoms with van der Waals surface area (Å²) in [6, 6.07) is 19.5. The standard InChI is InChI=1S/C23H21N5O3/c1-14-8-10-16(11-9-14)27-23(30)25-13-15-4-2-5-17(12-15)26-22(29)18-6-3-7-19-20(18)21(24)28-31-19/h2-12H,13H2,1H3,(H2,24,28)(H,26,29)(H2,25,27,30). The number of nitrogens with zero attached hydrogens (tertiary/aromatic N) is 1. The van der Waals surface area contributed by atoms with Gasteiger partial charge in [-0.25, -0.2) is 4.79 Å². The summed E-state index contributed by atoms with van der Waals surface area (Å²) < 4.78 is 5.11. The van der Waals surface area contributed by atoms with Crippen LogP contribution in [-0.4, -0.2) is 17.1 Å². The molecule has 3 aromatic carbocycles. The number of aryl methyl sites for hydroxylation is 1. The van der Waals surface area contributed by atoms with Crippen molar-refractivity contribution in [2.45, 2.75) is 13.5 Å². The van der Waals surface area contributed by atoms with E-state index in [0.717, 1.165) is 11.1 Å². The second-order valence-corrected chi connectivity index (χ2v) is 7.07. The van der Waals surface area contributed by atoms with Crippen molar-refractivity contribution in [3.05, 3.63) is 83.4 Å². The van der Waals surface area contributed by atoms with Crippen LogP contribution in [0.3, 0.4) is 0 Å². The average Bonchev–Trinajstić information content (AvgIpc) is 3.15. The summed E-state index contributed by atoms with van der Waals surface area (Å²) >= 11 is 0. The first-order chi connectivity index (χ1) is 15.0. The molecule has 0 radical (unpaired) electrons. The lowest BCUT2D eigenvalue weighted by Gasteiger charge is -2.10. The van der Waals surface area contributed by atoms with Gasteiger partial charge in [-0.2, -0.15) is 0 Å². The molecular weight excluding hydrogens is 394 g/mol. The predicted octanol–water partition coefficient (Wildman–Crippen LogP) is 4.29. The third-order valence-corrected chi connectivity index (χ3v) is 4.72. The Labute approximate surface area is 178 Å². The first-order valence-corrected chi connectivity index (χ1v) is 9.65. The van der Waals surface area contributed by atoms with E-state index >= 15 is 0 Å².